The summed E-state index contributed by atoms with van der Waals surface area (Å²) >= 11 is 0. The first-order chi connectivity index (χ1) is 6.93. The molecule has 0 aliphatic rings. The lowest BCUT2D eigenvalue weighted by molar-refractivity contribution is -0.146. The maximum absolute atomic E-state index is 13.0. The predicted molar refractivity (Wildman–Crippen MR) is 43.7 cm³/mol. The highest BCUT2D eigenvalue weighted by atomic mass is 19.2. The molecule has 1 atom stereocenters. The highest BCUT2D eigenvalue weighted by molar-refractivity contribution is 5.72. The molecule has 0 aliphatic carbocycles. The molecule has 0 radical (unpaired) electrons. The van der Waals surface area contributed by atoms with E-state index in [0.717, 1.165) is 6.07 Å². The number of rotatable bonds is 3. The molecule has 0 fully saturated rings. The number of hydrogen-bond donors (Lipinski definition) is 2. The van der Waals surface area contributed by atoms with Crippen LogP contribution in [-0.4, -0.2) is 22.3 Å². The number of aliphatic hydroxyl groups excluding tert-OH is 1. The molecule has 1 rings (SSSR count). The monoisotopic (exact) mass is 220 g/mol. The SMILES string of the molecule is O=C(O)C(O)Cc1ccc(F)c(F)c1F. The van der Waals surface area contributed by atoms with Gasteiger partial charge in [-0.25, -0.2) is 18.0 Å². The third-order valence-corrected chi connectivity index (χ3v) is 1.81. The van der Waals surface area contributed by atoms with Crippen LogP contribution in [0, 0.1) is 17.5 Å². The Hall–Kier alpha value is -1.56. The van der Waals surface area contributed by atoms with E-state index in [0.29, 0.717) is 6.07 Å². The lowest BCUT2D eigenvalue weighted by Gasteiger charge is -2.07. The van der Waals surface area contributed by atoms with Crippen LogP contribution in [-0.2, 0) is 11.2 Å². The summed E-state index contributed by atoms with van der Waals surface area (Å²) in [5.41, 5.74) is -0.385. The first kappa shape index (κ1) is 11.5. The van der Waals surface area contributed by atoms with Crippen molar-refractivity contribution in [1.29, 1.82) is 0 Å². The number of aliphatic hydroxyl groups is 1. The Morgan fingerprint density at radius 3 is 2.40 bits per heavy atom. The Morgan fingerprint density at radius 2 is 1.87 bits per heavy atom. The highest BCUT2D eigenvalue weighted by Gasteiger charge is 2.19. The van der Waals surface area contributed by atoms with Gasteiger partial charge in [-0.2, -0.15) is 0 Å². The van der Waals surface area contributed by atoms with Gasteiger partial charge >= 0.3 is 5.97 Å². The normalized spacial score (nSPS) is 12.5. The van der Waals surface area contributed by atoms with E-state index in [4.69, 9.17) is 10.2 Å². The smallest absolute Gasteiger partial charge is 0.332 e. The van der Waals surface area contributed by atoms with E-state index in [2.05, 4.69) is 0 Å². The summed E-state index contributed by atoms with van der Waals surface area (Å²) in [5.74, 6) is -6.07. The number of halogens is 3. The summed E-state index contributed by atoms with van der Waals surface area (Å²) < 4.78 is 38.1. The molecule has 82 valence electrons. The molecule has 3 nitrogen and oxygen atoms in total. The van der Waals surface area contributed by atoms with Crippen LogP contribution in [0.25, 0.3) is 0 Å². The Balaban J connectivity index is 2.97. The molecule has 1 aromatic rings. The van der Waals surface area contributed by atoms with Gasteiger partial charge in [0.05, 0.1) is 0 Å². The summed E-state index contributed by atoms with van der Waals surface area (Å²) in [5, 5.41) is 17.2. The highest BCUT2D eigenvalue weighted by Crippen LogP contribution is 2.16. The molecule has 15 heavy (non-hydrogen) atoms. The Kier molecular flexibility index (Phi) is 3.31. The van der Waals surface area contributed by atoms with Gasteiger partial charge in [-0.15, -0.1) is 0 Å². The first-order valence-corrected chi connectivity index (χ1v) is 3.96. The average molecular weight is 220 g/mol. The maximum atomic E-state index is 13.0. The van der Waals surface area contributed by atoms with Crippen LogP contribution < -0.4 is 0 Å². The molecule has 1 unspecified atom stereocenters. The van der Waals surface area contributed by atoms with Crippen molar-refractivity contribution in [2.45, 2.75) is 12.5 Å². The zero-order valence-corrected chi connectivity index (χ0v) is 7.38. The number of carboxylic acid groups (broad SMARTS) is 1. The van der Waals surface area contributed by atoms with Crippen molar-refractivity contribution in [3.63, 3.8) is 0 Å². The minimum Gasteiger partial charge on any atom is -0.479 e. The Labute approximate surface area is 82.8 Å². The standard InChI is InChI=1S/C9H7F3O3/c10-5-2-1-4(7(11)8(5)12)3-6(13)9(14)15/h1-2,6,13H,3H2,(H,14,15). The average Bonchev–Trinajstić information content (AvgIpc) is 2.18. The van der Waals surface area contributed by atoms with Gasteiger partial charge in [0.15, 0.2) is 23.6 Å². The van der Waals surface area contributed by atoms with Crippen LogP contribution >= 0.6 is 0 Å². The van der Waals surface area contributed by atoms with Gasteiger partial charge in [-0.1, -0.05) is 6.07 Å². The number of aliphatic carboxylic acids is 1. The molecule has 0 heterocycles. The van der Waals surface area contributed by atoms with E-state index in [1.807, 2.05) is 0 Å². The summed E-state index contributed by atoms with van der Waals surface area (Å²) in [6, 6.07) is 1.56. The van der Waals surface area contributed by atoms with Crippen molar-refractivity contribution in [3.05, 3.63) is 35.1 Å². The van der Waals surface area contributed by atoms with E-state index >= 15 is 0 Å². The van der Waals surface area contributed by atoms with Crippen molar-refractivity contribution in [2.75, 3.05) is 0 Å². The summed E-state index contributed by atoms with van der Waals surface area (Å²) in [7, 11) is 0. The van der Waals surface area contributed by atoms with Gasteiger partial charge < -0.3 is 10.2 Å². The number of carbonyl (C=O) groups is 1. The van der Waals surface area contributed by atoms with Crippen LogP contribution in [0.4, 0.5) is 13.2 Å². The van der Waals surface area contributed by atoms with Crippen molar-refractivity contribution in [1.82, 2.24) is 0 Å². The summed E-state index contributed by atoms with van der Waals surface area (Å²) in [6.45, 7) is 0. The predicted octanol–water partition coefficient (Wildman–Crippen LogP) is 1.09. The number of carboxylic acids is 1. The van der Waals surface area contributed by atoms with E-state index in [1.165, 1.54) is 0 Å². The van der Waals surface area contributed by atoms with Crippen LogP contribution in [0.15, 0.2) is 12.1 Å². The topological polar surface area (TPSA) is 57.5 Å². The molecule has 0 aliphatic heterocycles. The van der Waals surface area contributed by atoms with Crippen LogP contribution in [0.2, 0.25) is 0 Å². The summed E-state index contributed by atoms with van der Waals surface area (Å²) in [4.78, 5) is 10.2. The molecule has 2 N–H and O–H groups in total. The second-order valence-electron chi connectivity index (χ2n) is 2.89. The van der Waals surface area contributed by atoms with E-state index in [9.17, 15) is 18.0 Å². The van der Waals surface area contributed by atoms with Gasteiger partial charge in [0.25, 0.3) is 0 Å². The second-order valence-corrected chi connectivity index (χ2v) is 2.89. The first-order valence-electron chi connectivity index (χ1n) is 3.96. The largest absolute Gasteiger partial charge is 0.479 e. The molecule has 1 aromatic carbocycles. The van der Waals surface area contributed by atoms with Crippen molar-refractivity contribution in [3.8, 4) is 0 Å². The van der Waals surface area contributed by atoms with Crippen LogP contribution in [0.1, 0.15) is 5.56 Å². The molecule has 0 amide bonds. The van der Waals surface area contributed by atoms with Crippen LogP contribution in [0.5, 0.6) is 0 Å². The molecule has 6 heteroatoms. The Bertz CT molecular complexity index is 392. The zero-order chi connectivity index (χ0) is 11.6. The fraction of sp³-hybridized carbons (Fsp3) is 0.222. The fourth-order valence-electron chi connectivity index (χ4n) is 1.02. The van der Waals surface area contributed by atoms with Gasteiger partial charge in [-0.05, 0) is 11.6 Å². The van der Waals surface area contributed by atoms with E-state index < -0.39 is 35.9 Å². The van der Waals surface area contributed by atoms with Gasteiger partial charge in [0.2, 0.25) is 0 Å². The van der Waals surface area contributed by atoms with Gasteiger partial charge in [-0.3, -0.25) is 0 Å². The molecule has 0 aromatic heterocycles. The molecular weight excluding hydrogens is 213 g/mol. The van der Waals surface area contributed by atoms with E-state index in [1.54, 1.807) is 0 Å². The third-order valence-electron chi connectivity index (χ3n) is 1.81. The molecule has 0 saturated heterocycles. The fourth-order valence-corrected chi connectivity index (χ4v) is 1.02. The molecular formula is C9H7F3O3. The molecule has 0 saturated carbocycles. The minimum absolute atomic E-state index is 0.385. The van der Waals surface area contributed by atoms with Crippen molar-refractivity contribution in [2.24, 2.45) is 0 Å². The second kappa shape index (κ2) is 4.31. The lowest BCUT2D eigenvalue weighted by Crippen LogP contribution is -2.22. The summed E-state index contributed by atoms with van der Waals surface area (Å²) in [6.07, 6.45) is -2.46. The van der Waals surface area contributed by atoms with Gasteiger partial charge in [0.1, 0.15) is 0 Å². The zero-order valence-electron chi connectivity index (χ0n) is 7.38. The van der Waals surface area contributed by atoms with E-state index in [-0.39, 0.29) is 5.56 Å². The maximum Gasteiger partial charge on any atom is 0.332 e. The number of hydrogen-bond acceptors (Lipinski definition) is 2. The van der Waals surface area contributed by atoms with Crippen molar-refractivity contribution < 1.29 is 28.2 Å². The molecule has 0 bridgehead atoms. The van der Waals surface area contributed by atoms with Crippen LogP contribution in [0.3, 0.4) is 0 Å². The third kappa shape index (κ3) is 2.47. The number of benzene rings is 1. The minimum atomic E-state index is -1.84. The van der Waals surface area contributed by atoms with Gasteiger partial charge in [0, 0.05) is 6.42 Å². The Morgan fingerprint density at radius 1 is 1.27 bits per heavy atom. The quantitative estimate of drug-likeness (QED) is 0.749. The van der Waals surface area contributed by atoms with Crippen molar-refractivity contribution >= 4 is 5.97 Å². The molecule has 0 spiro atoms. The lowest BCUT2D eigenvalue weighted by atomic mass is 10.1.